The Bertz CT molecular complexity index is 1610. The number of anilines is 2. The quantitative estimate of drug-likeness (QED) is 0.254. The van der Waals surface area contributed by atoms with Gasteiger partial charge >= 0.3 is 0 Å². The van der Waals surface area contributed by atoms with Gasteiger partial charge in [-0.3, -0.25) is 4.79 Å². The van der Waals surface area contributed by atoms with Gasteiger partial charge in [0.05, 0.1) is 11.4 Å². The lowest BCUT2D eigenvalue weighted by Crippen LogP contribution is -2.14. The van der Waals surface area contributed by atoms with Crippen molar-refractivity contribution in [3.05, 3.63) is 98.9 Å². The van der Waals surface area contributed by atoms with E-state index in [9.17, 15) is 4.79 Å². The maximum absolute atomic E-state index is 13.5. The van der Waals surface area contributed by atoms with Gasteiger partial charge in [0.2, 0.25) is 0 Å². The van der Waals surface area contributed by atoms with Crippen molar-refractivity contribution in [2.45, 2.75) is 27.7 Å². The van der Waals surface area contributed by atoms with Crippen molar-refractivity contribution in [2.24, 2.45) is 0 Å². The summed E-state index contributed by atoms with van der Waals surface area (Å²) >= 11 is 7.92. The lowest BCUT2D eigenvalue weighted by atomic mass is 9.99. The molecule has 0 unspecified atom stereocenters. The van der Waals surface area contributed by atoms with Gasteiger partial charge in [-0.05, 0) is 56.5 Å². The molecule has 0 aliphatic carbocycles. The van der Waals surface area contributed by atoms with Crippen molar-refractivity contribution in [1.29, 1.82) is 0 Å². The number of nitrogen functional groups attached to an aromatic ring is 1. The first-order valence-electron chi connectivity index (χ1n) is 11.7. The molecule has 0 radical (unpaired) electrons. The van der Waals surface area contributed by atoms with E-state index >= 15 is 0 Å². The number of pyridine rings is 1. The first kappa shape index (κ1) is 24.0. The van der Waals surface area contributed by atoms with Crippen molar-refractivity contribution in [3.8, 4) is 22.4 Å². The molecule has 3 aromatic carbocycles. The van der Waals surface area contributed by atoms with E-state index in [4.69, 9.17) is 22.3 Å². The van der Waals surface area contributed by atoms with Gasteiger partial charge < -0.3 is 11.1 Å². The second-order valence-electron chi connectivity index (χ2n) is 9.15. The molecule has 0 saturated heterocycles. The highest BCUT2D eigenvalue weighted by Crippen LogP contribution is 2.43. The molecule has 4 nitrogen and oxygen atoms in total. The normalized spacial score (nSPS) is 11.1. The molecule has 0 aliphatic rings. The van der Waals surface area contributed by atoms with Crippen LogP contribution in [0.25, 0.3) is 32.6 Å². The molecule has 2 aromatic heterocycles. The van der Waals surface area contributed by atoms with E-state index < -0.39 is 0 Å². The van der Waals surface area contributed by atoms with Crippen LogP contribution in [0, 0.1) is 27.7 Å². The zero-order chi connectivity index (χ0) is 25.6. The zero-order valence-corrected chi connectivity index (χ0v) is 22.1. The summed E-state index contributed by atoms with van der Waals surface area (Å²) in [6, 6.07) is 22.0. The molecular weight excluding hydrogens is 486 g/mol. The molecule has 6 heteroatoms. The Hall–Kier alpha value is -3.67. The number of carbonyl (C=O) groups excluding carboxylic acids is 1. The SMILES string of the molecule is Cc1ccc(-c2cc(-c3ccccc3Cl)c3c(N)c(C(=O)Nc4c(C)cc(C)cc4C)sc3n2)cc1. The number of amides is 1. The third-order valence-electron chi connectivity index (χ3n) is 6.33. The monoisotopic (exact) mass is 511 g/mol. The van der Waals surface area contributed by atoms with Crippen molar-refractivity contribution in [1.82, 2.24) is 4.98 Å². The lowest BCUT2D eigenvalue weighted by Gasteiger charge is -2.12. The maximum atomic E-state index is 13.5. The number of thiophene rings is 1. The van der Waals surface area contributed by atoms with Crippen LogP contribution in [0.4, 0.5) is 11.4 Å². The van der Waals surface area contributed by atoms with E-state index in [-0.39, 0.29) is 5.91 Å². The van der Waals surface area contributed by atoms with Gasteiger partial charge in [-0.25, -0.2) is 4.98 Å². The average molecular weight is 512 g/mol. The number of aromatic nitrogens is 1. The highest BCUT2D eigenvalue weighted by molar-refractivity contribution is 7.21. The van der Waals surface area contributed by atoms with Gasteiger partial charge in [0.1, 0.15) is 9.71 Å². The molecule has 0 atom stereocenters. The molecule has 1 amide bonds. The topological polar surface area (TPSA) is 68.0 Å². The summed E-state index contributed by atoms with van der Waals surface area (Å²) in [5.74, 6) is -0.243. The number of fused-ring (bicyclic) bond motifs is 1. The first-order chi connectivity index (χ1) is 17.2. The van der Waals surface area contributed by atoms with Crippen LogP contribution in [0.5, 0.6) is 0 Å². The summed E-state index contributed by atoms with van der Waals surface area (Å²) in [6.07, 6.45) is 0. The molecule has 5 rings (SSSR count). The minimum Gasteiger partial charge on any atom is -0.397 e. The van der Waals surface area contributed by atoms with Crippen molar-refractivity contribution >= 4 is 50.4 Å². The second kappa shape index (κ2) is 9.41. The maximum Gasteiger partial charge on any atom is 0.267 e. The Balaban J connectivity index is 1.69. The molecule has 0 fully saturated rings. The second-order valence-corrected chi connectivity index (χ2v) is 10.6. The van der Waals surface area contributed by atoms with Crippen molar-refractivity contribution in [2.75, 3.05) is 11.1 Å². The molecule has 3 N–H and O–H groups in total. The summed E-state index contributed by atoms with van der Waals surface area (Å²) < 4.78 is 0. The molecule has 0 saturated carbocycles. The van der Waals surface area contributed by atoms with Gasteiger partial charge in [-0.2, -0.15) is 0 Å². The number of carbonyl (C=O) groups is 1. The highest BCUT2D eigenvalue weighted by Gasteiger charge is 2.23. The van der Waals surface area contributed by atoms with Crippen molar-refractivity contribution in [3.63, 3.8) is 0 Å². The fraction of sp³-hybridized carbons (Fsp3) is 0.133. The highest BCUT2D eigenvalue weighted by atomic mass is 35.5. The van der Waals surface area contributed by atoms with Crippen LogP contribution < -0.4 is 11.1 Å². The average Bonchev–Trinajstić information content (AvgIpc) is 3.18. The number of halogens is 1. The predicted octanol–water partition coefficient (Wildman–Crippen LogP) is 8.35. The Morgan fingerprint density at radius 1 is 0.889 bits per heavy atom. The van der Waals surface area contributed by atoms with Gasteiger partial charge in [-0.15, -0.1) is 11.3 Å². The first-order valence-corrected chi connectivity index (χ1v) is 12.9. The van der Waals surface area contributed by atoms with Gasteiger partial charge in [0, 0.05) is 27.2 Å². The largest absolute Gasteiger partial charge is 0.397 e. The third kappa shape index (κ3) is 4.36. The molecule has 36 heavy (non-hydrogen) atoms. The summed E-state index contributed by atoms with van der Waals surface area (Å²) in [7, 11) is 0. The lowest BCUT2D eigenvalue weighted by molar-refractivity contribution is 0.103. The van der Waals surface area contributed by atoms with Crippen LogP contribution in [-0.2, 0) is 0 Å². The standard InChI is InChI=1S/C30H26ClN3OS/c1-16-9-11-20(12-10-16)24-15-22(21-7-5-6-8-23(21)31)25-26(32)28(36-30(25)33-24)29(35)34-27-18(3)13-17(2)14-19(27)4/h5-15H,32H2,1-4H3,(H,34,35). The van der Waals surface area contributed by atoms with Crippen LogP contribution in [0.15, 0.2) is 66.7 Å². The van der Waals surface area contributed by atoms with Crippen LogP contribution in [-0.4, -0.2) is 10.9 Å². The van der Waals surface area contributed by atoms with Crippen molar-refractivity contribution < 1.29 is 4.79 Å². The number of nitrogens with one attached hydrogen (secondary N) is 1. The van der Waals surface area contributed by atoms with E-state index in [1.807, 2.05) is 63.2 Å². The summed E-state index contributed by atoms with van der Waals surface area (Å²) in [6.45, 7) is 8.09. The van der Waals surface area contributed by atoms with Gasteiger partial charge in [0.15, 0.2) is 0 Å². The summed E-state index contributed by atoms with van der Waals surface area (Å²) in [4.78, 5) is 19.5. The van der Waals surface area contributed by atoms with Gasteiger partial charge in [-0.1, -0.05) is 77.3 Å². The van der Waals surface area contributed by atoms with E-state index in [0.29, 0.717) is 20.4 Å². The predicted molar refractivity (Wildman–Crippen MR) is 153 cm³/mol. The third-order valence-corrected chi connectivity index (χ3v) is 7.76. The fourth-order valence-electron chi connectivity index (χ4n) is 4.60. The molecular formula is C30H26ClN3OS. The number of rotatable bonds is 4. The molecule has 2 heterocycles. The Labute approximate surface area is 219 Å². The molecule has 180 valence electrons. The van der Waals surface area contributed by atoms with E-state index in [2.05, 4.69) is 36.5 Å². The zero-order valence-electron chi connectivity index (χ0n) is 20.6. The van der Waals surface area contributed by atoms with E-state index in [1.54, 1.807) is 0 Å². The number of nitrogens with zero attached hydrogens (tertiary/aromatic N) is 1. The minimum atomic E-state index is -0.243. The fourth-order valence-corrected chi connectivity index (χ4v) is 5.85. The van der Waals surface area contributed by atoms with E-state index in [0.717, 1.165) is 50.1 Å². The molecule has 0 spiro atoms. The number of hydrogen-bond donors (Lipinski definition) is 2. The number of benzene rings is 3. The number of nitrogens with two attached hydrogens (primary N) is 1. The number of aryl methyl sites for hydroxylation is 4. The van der Waals surface area contributed by atoms with Crippen LogP contribution in [0.3, 0.4) is 0 Å². The van der Waals surface area contributed by atoms with Gasteiger partial charge in [0.25, 0.3) is 5.91 Å². The number of hydrogen-bond acceptors (Lipinski definition) is 4. The molecule has 0 bridgehead atoms. The molecule has 5 aromatic rings. The van der Waals surface area contributed by atoms with Crippen LogP contribution in [0.1, 0.15) is 31.9 Å². The van der Waals surface area contributed by atoms with Crippen LogP contribution >= 0.6 is 22.9 Å². The smallest absolute Gasteiger partial charge is 0.267 e. The Morgan fingerprint density at radius 2 is 1.56 bits per heavy atom. The Morgan fingerprint density at radius 3 is 2.22 bits per heavy atom. The summed E-state index contributed by atoms with van der Waals surface area (Å²) in [5.41, 5.74) is 15.7. The Kier molecular flexibility index (Phi) is 6.29. The molecule has 0 aliphatic heterocycles. The minimum absolute atomic E-state index is 0.243. The summed E-state index contributed by atoms with van der Waals surface area (Å²) in [5, 5.41) is 4.44. The van der Waals surface area contributed by atoms with E-state index in [1.165, 1.54) is 16.9 Å². The van der Waals surface area contributed by atoms with Crippen LogP contribution in [0.2, 0.25) is 5.02 Å².